The minimum atomic E-state index is -4.91. The smallest absolute Gasteiger partial charge is 0.443 e. The van der Waals surface area contributed by atoms with Gasteiger partial charge in [0.05, 0.1) is 5.75 Å². The van der Waals surface area contributed by atoms with Gasteiger partial charge in [-0.25, -0.2) is 13.2 Å². The highest BCUT2D eigenvalue weighted by Gasteiger charge is 2.37. The molecule has 1 unspecified atom stereocenters. The minimum Gasteiger partial charge on any atom is -0.443 e. The van der Waals surface area contributed by atoms with E-state index in [1.165, 1.54) is 36.7 Å². The first-order valence-electron chi connectivity index (χ1n) is 9.15. The lowest BCUT2D eigenvalue weighted by atomic mass is 9.80. The molecule has 1 amide bonds. The summed E-state index contributed by atoms with van der Waals surface area (Å²) in [7, 11) is -3.39. The summed E-state index contributed by atoms with van der Waals surface area (Å²) in [6, 6.07) is 7.03. The predicted molar refractivity (Wildman–Crippen MR) is 108 cm³/mol. The van der Waals surface area contributed by atoms with E-state index in [2.05, 4.69) is 9.72 Å². The standard InChI is InChI=1S/C20H23F3N2O5S/c1-19(2,30-18(24)26)16(9-11-31(3,27)28)15-12-25-10-8-13(15)14-6-4-5-7-17(14)29-20(21,22)23/h4-8,10,12,16H,9,11H2,1-3H3,(H2,24,26). The average Bonchev–Trinajstić information content (AvgIpc) is 2.59. The maximum Gasteiger partial charge on any atom is 0.573 e. The molecule has 1 atom stereocenters. The first-order chi connectivity index (χ1) is 14.2. The van der Waals surface area contributed by atoms with Crippen LogP contribution in [0.5, 0.6) is 5.75 Å². The summed E-state index contributed by atoms with van der Waals surface area (Å²) in [6.07, 6.45) is -2.12. The molecule has 0 aliphatic rings. The second-order valence-electron chi connectivity index (χ2n) is 7.50. The second-order valence-corrected chi connectivity index (χ2v) is 9.76. The summed E-state index contributed by atoms with van der Waals surface area (Å²) < 4.78 is 71.7. The third-order valence-electron chi connectivity index (χ3n) is 4.61. The molecule has 0 spiro atoms. The number of hydrogen-bond acceptors (Lipinski definition) is 6. The number of carbonyl (C=O) groups is 1. The van der Waals surface area contributed by atoms with Gasteiger partial charge in [-0.2, -0.15) is 0 Å². The number of para-hydroxylation sites is 1. The van der Waals surface area contributed by atoms with Crippen molar-refractivity contribution in [1.29, 1.82) is 0 Å². The van der Waals surface area contributed by atoms with Crippen LogP contribution in [0.3, 0.4) is 0 Å². The molecule has 1 aromatic heterocycles. The molecule has 2 aromatic rings. The Labute approximate surface area is 178 Å². The Hall–Kier alpha value is -2.82. The number of carbonyl (C=O) groups excluding carboxylic acids is 1. The van der Waals surface area contributed by atoms with Crippen LogP contribution in [0.4, 0.5) is 18.0 Å². The van der Waals surface area contributed by atoms with Gasteiger partial charge in [-0.1, -0.05) is 18.2 Å². The number of nitrogens with two attached hydrogens (primary N) is 1. The number of hydrogen-bond donors (Lipinski definition) is 1. The lowest BCUT2D eigenvalue weighted by molar-refractivity contribution is -0.274. The van der Waals surface area contributed by atoms with Crippen molar-refractivity contribution in [2.75, 3.05) is 12.0 Å². The summed E-state index contributed by atoms with van der Waals surface area (Å²) in [5.41, 5.74) is 4.73. The second kappa shape index (κ2) is 9.13. The van der Waals surface area contributed by atoms with E-state index >= 15 is 0 Å². The van der Waals surface area contributed by atoms with Gasteiger partial charge in [-0.05, 0) is 43.5 Å². The molecule has 31 heavy (non-hydrogen) atoms. The Morgan fingerprint density at radius 2 is 1.81 bits per heavy atom. The molecule has 2 rings (SSSR count). The number of rotatable bonds is 8. The van der Waals surface area contributed by atoms with Crippen LogP contribution in [-0.2, 0) is 14.6 Å². The zero-order valence-electron chi connectivity index (χ0n) is 17.1. The Kier molecular flexibility index (Phi) is 7.20. The molecule has 0 bridgehead atoms. The Balaban J connectivity index is 2.64. The molecule has 0 aliphatic heterocycles. The van der Waals surface area contributed by atoms with Crippen molar-refractivity contribution in [1.82, 2.24) is 4.98 Å². The number of amides is 1. The van der Waals surface area contributed by atoms with Gasteiger partial charge in [0.25, 0.3) is 0 Å². The summed E-state index contributed by atoms with van der Waals surface area (Å²) in [5, 5.41) is 0. The SMILES string of the molecule is CC(C)(OC(N)=O)C(CCS(C)(=O)=O)c1cnccc1-c1ccccc1OC(F)(F)F. The molecule has 0 fully saturated rings. The monoisotopic (exact) mass is 460 g/mol. The summed E-state index contributed by atoms with van der Waals surface area (Å²) in [6.45, 7) is 3.08. The highest BCUT2D eigenvalue weighted by atomic mass is 32.2. The van der Waals surface area contributed by atoms with Crippen LogP contribution in [0.2, 0.25) is 0 Å². The highest BCUT2D eigenvalue weighted by Crippen LogP contribution is 2.42. The van der Waals surface area contributed by atoms with Gasteiger partial charge >= 0.3 is 12.5 Å². The van der Waals surface area contributed by atoms with Gasteiger partial charge in [0.2, 0.25) is 0 Å². The van der Waals surface area contributed by atoms with Crippen molar-refractivity contribution < 1.29 is 35.9 Å². The molecule has 2 N–H and O–H groups in total. The number of sulfone groups is 1. The zero-order valence-corrected chi connectivity index (χ0v) is 18.0. The van der Waals surface area contributed by atoms with Crippen LogP contribution in [0.1, 0.15) is 31.7 Å². The van der Waals surface area contributed by atoms with Gasteiger partial charge in [0, 0.05) is 30.1 Å². The molecule has 0 aliphatic carbocycles. The van der Waals surface area contributed by atoms with E-state index in [0.29, 0.717) is 11.1 Å². The van der Waals surface area contributed by atoms with E-state index in [4.69, 9.17) is 10.5 Å². The van der Waals surface area contributed by atoms with E-state index in [0.717, 1.165) is 6.26 Å². The fraction of sp³-hybridized carbons (Fsp3) is 0.400. The van der Waals surface area contributed by atoms with E-state index in [-0.39, 0.29) is 17.7 Å². The molecule has 0 radical (unpaired) electrons. The van der Waals surface area contributed by atoms with E-state index in [1.807, 2.05) is 0 Å². The Bertz CT molecular complexity index is 1040. The number of primary amides is 1. The van der Waals surface area contributed by atoms with Crippen LogP contribution in [0.25, 0.3) is 11.1 Å². The maximum atomic E-state index is 12.9. The number of aromatic nitrogens is 1. The molecule has 170 valence electrons. The van der Waals surface area contributed by atoms with E-state index < -0.39 is 39.6 Å². The first-order valence-corrected chi connectivity index (χ1v) is 11.2. The molecule has 1 aromatic carbocycles. The number of ether oxygens (including phenoxy) is 2. The van der Waals surface area contributed by atoms with Gasteiger partial charge in [0.1, 0.15) is 21.2 Å². The molecule has 11 heteroatoms. The van der Waals surface area contributed by atoms with Gasteiger partial charge < -0.3 is 15.2 Å². The summed E-state index contributed by atoms with van der Waals surface area (Å²) in [5.74, 6) is -1.44. The first kappa shape index (κ1) is 24.4. The maximum absolute atomic E-state index is 12.9. The third-order valence-corrected chi connectivity index (χ3v) is 5.59. The van der Waals surface area contributed by atoms with E-state index in [9.17, 15) is 26.4 Å². The predicted octanol–water partition coefficient (Wildman–Crippen LogP) is 4.04. The molecular weight excluding hydrogens is 437 g/mol. The number of benzene rings is 1. The van der Waals surface area contributed by atoms with Crippen molar-refractivity contribution in [3.63, 3.8) is 0 Å². The van der Waals surface area contributed by atoms with E-state index in [1.54, 1.807) is 19.9 Å². The van der Waals surface area contributed by atoms with Gasteiger partial charge in [-0.15, -0.1) is 13.2 Å². The van der Waals surface area contributed by atoms with Crippen LogP contribution in [0.15, 0.2) is 42.7 Å². The average molecular weight is 460 g/mol. The number of nitrogens with zero attached hydrogens (tertiary/aromatic N) is 1. The lowest BCUT2D eigenvalue weighted by Crippen LogP contribution is -2.38. The van der Waals surface area contributed by atoms with Crippen LogP contribution in [-0.4, -0.2) is 43.5 Å². The van der Waals surface area contributed by atoms with Crippen LogP contribution in [0, 0.1) is 0 Å². The quantitative estimate of drug-likeness (QED) is 0.637. The van der Waals surface area contributed by atoms with Crippen molar-refractivity contribution in [3.05, 3.63) is 48.3 Å². The Morgan fingerprint density at radius 3 is 2.39 bits per heavy atom. The van der Waals surface area contributed by atoms with Gasteiger partial charge in [0.15, 0.2) is 0 Å². The fourth-order valence-electron chi connectivity index (χ4n) is 3.37. The highest BCUT2D eigenvalue weighted by molar-refractivity contribution is 7.90. The minimum absolute atomic E-state index is 0.0140. The van der Waals surface area contributed by atoms with Crippen molar-refractivity contribution in [2.45, 2.75) is 38.1 Å². The van der Waals surface area contributed by atoms with Crippen LogP contribution < -0.4 is 10.5 Å². The largest absolute Gasteiger partial charge is 0.573 e. The Morgan fingerprint density at radius 1 is 1.16 bits per heavy atom. The summed E-state index contributed by atoms with van der Waals surface area (Å²) >= 11 is 0. The van der Waals surface area contributed by atoms with Crippen molar-refractivity contribution in [3.8, 4) is 16.9 Å². The molecular formula is C20H23F3N2O5S. The normalized spacial score (nSPS) is 13.5. The fourth-order valence-corrected chi connectivity index (χ4v) is 4.04. The van der Waals surface area contributed by atoms with Crippen LogP contribution >= 0.6 is 0 Å². The number of halogens is 3. The summed E-state index contributed by atoms with van der Waals surface area (Å²) in [4.78, 5) is 15.5. The van der Waals surface area contributed by atoms with Crippen molar-refractivity contribution in [2.24, 2.45) is 5.73 Å². The molecule has 0 saturated heterocycles. The van der Waals surface area contributed by atoms with Gasteiger partial charge in [-0.3, -0.25) is 4.98 Å². The zero-order chi connectivity index (χ0) is 23.4. The molecule has 1 heterocycles. The topological polar surface area (TPSA) is 109 Å². The molecule has 0 saturated carbocycles. The number of alkyl halides is 3. The molecule has 7 nitrogen and oxygen atoms in total. The number of pyridine rings is 1. The van der Waals surface area contributed by atoms with Crippen molar-refractivity contribution >= 4 is 15.9 Å². The third kappa shape index (κ3) is 7.12. The lowest BCUT2D eigenvalue weighted by Gasteiger charge is -2.34.